The number of alkyl halides is 2. The van der Waals surface area contributed by atoms with Crippen molar-refractivity contribution in [3.8, 4) is 0 Å². The molecule has 3 aromatic rings. The van der Waals surface area contributed by atoms with Gasteiger partial charge >= 0.3 is 0 Å². The van der Waals surface area contributed by atoms with Gasteiger partial charge in [-0.15, -0.1) is 5.10 Å². The highest BCUT2D eigenvalue weighted by atomic mass is 79.9. The maximum Gasteiger partial charge on any atom is 0.295 e. The molecule has 0 fully saturated rings. The van der Waals surface area contributed by atoms with Gasteiger partial charge in [-0.05, 0) is 31.2 Å². The van der Waals surface area contributed by atoms with Gasteiger partial charge in [0.1, 0.15) is 11.5 Å². The summed E-state index contributed by atoms with van der Waals surface area (Å²) in [6.45, 7) is 1.53. The number of aromatic nitrogens is 4. The lowest BCUT2D eigenvalue weighted by atomic mass is 10.3. The number of hydrogen-bond donors (Lipinski definition) is 1. The Labute approximate surface area is 141 Å². The second-order valence-corrected chi connectivity index (χ2v) is 5.76. The second kappa shape index (κ2) is 6.19. The molecule has 1 N–H and O–H groups in total. The van der Waals surface area contributed by atoms with E-state index in [0.29, 0.717) is 10.2 Å². The van der Waals surface area contributed by atoms with Crippen molar-refractivity contribution in [3.05, 3.63) is 51.8 Å². The predicted octanol–water partition coefficient (Wildman–Crippen LogP) is 3.52. The van der Waals surface area contributed by atoms with Crippen molar-refractivity contribution in [2.75, 3.05) is 5.32 Å². The Balaban J connectivity index is 1.97. The molecule has 0 spiro atoms. The van der Waals surface area contributed by atoms with Crippen LogP contribution in [0.15, 0.2) is 28.7 Å². The number of benzene rings is 1. The molecule has 1 amide bonds. The van der Waals surface area contributed by atoms with E-state index in [1.54, 1.807) is 0 Å². The van der Waals surface area contributed by atoms with Crippen LogP contribution in [-0.2, 0) is 0 Å². The van der Waals surface area contributed by atoms with Crippen molar-refractivity contribution >= 4 is 33.3 Å². The second-order valence-electron chi connectivity index (χ2n) is 4.85. The van der Waals surface area contributed by atoms with Gasteiger partial charge < -0.3 is 5.32 Å². The van der Waals surface area contributed by atoms with Gasteiger partial charge in [0, 0.05) is 10.2 Å². The molecule has 0 aliphatic rings. The zero-order valence-electron chi connectivity index (χ0n) is 12.1. The molecular formula is C14H9BrF3N5O. The Morgan fingerprint density at radius 2 is 2.04 bits per heavy atom. The Kier molecular flexibility index (Phi) is 4.22. The smallest absolute Gasteiger partial charge is 0.295 e. The quantitative estimate of drug-likeness (QED) is 0.731. The van der Waals surface area contributed by atoms with E-state index in [2.05, 4.69) is 36.3 Å². The summed E-state index contributed by atoms with van der Waals surface area (Å²) in [4.78, 5) is 19.9. The number of halogens is 4. The lowest BCUT2D eigenvalue weighted by molar-refractivity contribution is 0.101. The first-order chi connectivity index (χ1) is 11.3. The van der Waals surface area contributed by atoms with Crippen molar-refractivity contribution in [2.45, 2.75) is 13.3 Å². The molecule has 1 aromatic carbocycles. The van der Waals surface area contributed by atoms with Crippen LogP contribution < -0.4 is 5.32 Å². The Morgan fingerprint density at radius 1 is 1.29 bits per heavy atom. The van der Waals surface area contributed by atoms with Crippen LogP contribution in [0, 0.1) is 12.7 Å². The number of amides is 1. The predicted molar refractivity (Wildman–Crippen MR) is 82.5 cm³/mol. The fraction of sp³-hybridized carbons (Fsp3) is 0.143. The number of fused-ring (bicyclic) bond motifs is 1. The highest BCUT2D eigenvalue weighted by molar-refractivity contribution is 9.10. The van der Waals surface area contributed by atoms with Crippen molar-refractivity contribution in [1.82, 2.24) is 19.6 Å². The minimum absolute atomic E-state index is 0.0831. The van der Waals surface area contributed by atoms with Crippen molar-refractivity contribution < 1.29 is 18.0 Å². The summed E-state index contributed by atoms with van der Waals surface area (Å²) in [5.74, 6) is -2.02. The molecule has 0 saturated heterocycles. The van der Waals surface area contributed by atoms with E-state index in [4.69, 9.17) is 0 Å². The molecule has 2 aromatic heterocycles. The SMILES string of the molecule is Cc1cc(C(F)F)n2nc(C(=O)Nc3ccc(Br)cc3F)nc2n1. The van der Waals surface area contributed by atoms with Crippen LogP contribution >= 0.6 is 15.9 Å². The molecule has 10 heteroatoms. The summed E-state index contributed by atoms with van der Waals surface area (Å²) in [6, 6.07) is 5.21. The summed E-state index contributed by atoms with van der Waals surface area (Å²) >= 11 is 3.10. The highest BCUT2D eigenvalue weighted by Crippen LogP contribution is 2.21. The number of carbonyl (C=O) groups excluding carboxylic acids is 1. The first-order valence-corrected chi connectivity index (χ1v) is 7.43. The van der Waals surface area contributed by atoms with E-state index in [1.165, 1.54) is 25.1 Å². The molecular weight excluding hydrogens is 391 g/mol. The van der Waals surface area contributed by atoms with Crippen molar-refractivity contribution in [3.63, 3.8) is 0 Å². The molecule has 0 atom stereocenters. The third kappa shape index (κ3) is 3.09. The highest BCUT2D eigenvalue weighted by Gasteiger charge is 2.20. The molecule has 0 bridgehead atoms. The molecule has 3 rings (SSSR count). The van der Waals surface area contributed by atoms with E-state index in [1.807, 2.05) is 0 Å². The van der Waals surface area contributed by atoms with Crippen molar-refractivity contribution in [2.24, 2.45) is 0 Å². The van der Waals surface area contributed by atoms with Gasteiger partial charge in [-0.1, -0.05) is 15.9 Å². The topological polar surface area (TPSA) is 72.2 Å². The van der Waals surface area contributed by atoms with Crippen LogP contribution in [0.3, 0.4) is 0 Å². The van der Waals surface area contributed by atoms with E-state index in [9.17, 15) is 18.0 Å². The van der Waals surface area contributed by atoms with E-state index < -0.39 is 29.7 Å². The number of aryl methyl sites for hydroxylation is 1. The molecule has 0 aliphatic heterocycles. The minimum Gasteiger partial charge on any atom is -0.317 e. The maximum atomic E-state index is 13.8. The summed E-state index contributed by atoms with van der Waals surface area (Å²) in [6.07, 6.45) is -2.81. The molecule has 0 radical (unpaired) electrons. The number of rotatable bonds is 3. The van der Waals surface area contributed by atoms with E-state index in [0.717, 1.165) is 10.6 Å². The molecule has 6 nitrogen and oxygen atoms in total. The average Bonchev–Trinajstić information content (AvgIpc) is 2.92. The third-order valence-electron chi connectivity index (χ3n) is 3.07. The van der Waals surface area contributed by atoms with Gasteiger partial charge in [0.15, 0.2) is 0 Å². The summed E-state index contributed by atoms with van der Waals surface area (Å²) in [5.41, 5.74) is -0.199. The number of nitrogens with one attached hydrogen (secondary N) is 1. The Morgan fingerprint density at radius 3 is 2.71 bits per heavy atom. The summed E-state index contributed by atoms with van der Waals surface area (Å²) in [7, 11) is 0. The first-order valence-electron chi connectivity index (χ1n) is 6.64. The largest absolute Gasteiger partial charge is 0.317 e. The molecule has 124 valence electrons. The molecule has 24 heavy (non-hydrogen) atoms. The standard InChI is InChI=1S/C14H9BrF3N5O/c1-6-4-10(11(17)18)23-14(19-6)21-12(22-23)13(24)20-9-3-2-7(15)5-8(9)16/h2-5,11H,1H3,(H,20,24). The van der Waals surface area contributed by atoms with Crippen LogP contribution in [0.25, 0.3) is 5.78 Å². The van der Waals surface area contributed by atoms with Gasteiger partial charge in [-0.2, -0.15) is 9.50 Å². The zero-order chi connectivity index (χ0) is 17.4. The van der Waals surface area contributed by atoms with Gasteiger partial charge in [-0.25, -0.2) is 18.2 Å². The number of carbonyl (C=O) groups is 1. The molecule has 0 aliphatic carbocycles. The molecule has 2 heterocycles. The minimum atomic E-state index is -2.81. The number of nitrogens with zero attached hydrogens (tertiary/aromatic N) is 4. The normalized spacial score (nSPS) is 11.2. The lowest BCUT2D eigenvalue weighted by Crippen LogP contribution is -2.15. The number of anilines is 1. The van der Waals surface area contributed by atoms with Gasteiger partial charge in [-0.3, -0.25) is 4.79 Å². The van der Waals surface area contributed by atoms with Crippen LogP contribution in [0.5, 0.6) is 0 Å². The lowest BCUT2D eigenvalue weighted by Gasteiger charge is -2.04. The van der Waals surface area contributed by atoms with Crippen molar-refractivity contribution in [1.29, 1.82) is 0 Å². The average molecular weight is 400 g/mol. The molecule has 0 unspecified atom stereocenters. The van der Waals surface area contributed by atoms with Gasteiger partial charge in [0.25, 0.3) is 18.1 Å². The zero-order valence-corrected chi connectivity index (χ0v) is 13.7. The number of hydrogen-bond acceptors (Lipinski definition) is 4. The summed E-state index contributed by atoms with van der Waals surface area (Å²) < 4.78 is 41.2. The summed E-state index contributed by atoms with van der Waals surface area (Å²) in [5, 5.41) is 6.03. The van der Waals surface area contributed by atoms with E-state index in [-0.39, 0.29) is 11.5 Å². The Bertz CT molecular complexity index is 944. The maximum absolute atomic E-state index is 13.8. The fourth-order valence-corrected chi connectivity index (χ4v) is 2.37. The van der Waals surface area contributed by atoms with Gasteiger partial charge in [0.2, 0.25) is 5.82 Å². The van der Waals surface area contributed by atoms with E-state index >= 15 is 0 Å². The molecule has 0 saturated carbocycles. The van der Waals surface area contributed by atoms with Gasteiger partial charge in [0.05, 0.1) is 5.69 Å². The Hall–Kier alpha value is -2.49. The van der Waals surface area contributed by atoms with Crippen LogP contribution in [0.4, 0.5) is 18.9 Å². The first kappa shape index (κ1) is 16.4. The van der Waals surface area contributed by atoms with Crippen LogP contribution in [0.1, 0.15) is 28.4 Å². The monoisotopic (exact) mass is 399 g/mol. The fourth-order valence-electron chi connectivity index (χ4n) is 2.04. The van der Waals surface area contributed by atoms with Crippen LogP contribution in [0.2, 0.25) is 0 Å². The third-order valence-corrected chi connectivity index (χ3v) is 3.57. The van der Waals surface area contributed by atoms with Crippen LogP contribution in [-0.4, -0.2) is 25.5 Å².